The van der Waals surface area contributed by atoms with Gasteiger partial charge in [-0.3, -0.25) is 9.78 Å². The van der Waals surface area contributed by atoms with Crippen LogP contribution in [0, 0.1) is 5.92 Å². The van der Waals surface area contributed by atoms with Gasteiger partial charge in [-0.05, 0) is 65.3 Å². The van der Waals surface area contributed by atoms with Crippen LogP contribution >= 0.6 is 0 Å². The van der Waals surface area contributed by atoms with Crippen molar-refractivity contribution in [3.05, 3.63) is 59.4 Å². The Morgan fingerprint density at radius 2 is 2.22 bits per heavy atom. The zero-order chi connectivity index (χ0) is 16.2. The largest absolute Gasteiger partial charge is 0.326 e. The molecule has 1 atom stereocenters. The molecule has 23 heavy (non-hydrogen) atoms. The van der Waals surface area contributed by atoms with Crippen molar-refractivity contribution in [2.45, 2.75) is 33.1 Å². The van der Waals surface area contributed by atoms with Crippen LogP contribution in [0.25, 0.3) is 11.6 Å². The summed E-state index contributed by atoms with van der Waals surface area (Å²) < 4.78 is 0. The molecule has 1 unspecified atom stereocenters. The maximum atomic E-state index is 11.5. The second-order valence-corrected chi connectivity index (χ2v) is 6.12. The summed E-state index contributed by atoms with van der Waals surface area (Å²) in [7, 11) is 0. The molecule has 3 nitrogen and oxygen atoms in total. The molecule has 1 aromatic carbocycles. The predicted molar refractivity (Wildman–Crippen MR) is 95.0 cm³/mol. The molecule has 2 heterocycles. The first-order chi connectivity index (χ1) is 11.2. The number of nitrogens with zero attached hydrogens (tertiary/aromatic N) is 1. The Morgan fingerprint density at radius 3 is 2.96 bits per heavy atom. The summed E-state index contributed by atoms with van der Waals surface area (Å²) in [4.78, 5) is 15.7. The molecule has 1 aromatic heterocycles. The van der Waals surface area contributed by atoms with Gasteiger partial charge in [-0.15, -0.1) is 0 Å². The van der Waals surface area contributed by atoms with Crippen molar-refractivity contribution < 1.29 is 4.79 Å². The number of pyridine rings is 1. The van der Waals surface area contributed by atoms with Crippen molar-refractivity contribution in [1.29, 1.82) is 0 Å². The van der Waals surface area contributed by atoms with E-state index in [1.165, 1.54) is 16.7 Å². The molecule has 1 amide bonds. The number of aromatic nitrogens is 1. The van der Waals surface area contributed by atoms with E-state index in [1.54, 1.807) is 6.20 Å². The van der Waals surface area contributed by atoms with Gasteiger partial charge in [0, 0.05) is 24.5 Å². The van der Waals surface area contributed by atoms with Crippen LogP contribution in [0.3, 0.4) is 0 Å². The van der Waals surface area contributed by atoms with E-state index < -0.39 is 0 Å². The molecule has 1 aliphatic heterocycles. The molecule has 0 spiro atoms. The van der Waals surface area contributed by atoms with Gasteiger partial charge in [0.1, 0.15) is 0 Å². The first kappa shape index (κ1) is 15.5. The van der Waals surface area contributed by atoms with Crippen molar-refractivity contribution in [3.63, 3.8) is 0 Å². The van der Waals surface area contributed by atoms with Crippen LogP contribution in [0.2, 0.25) is 0 Å². The monoisotopic (exact) mass is 306 g/mol. The van der Waals surface area contributed by atoms with Crippen molar-refractivity contribution >= 4 is 23.2 Å². The summed E-state index contributed by atoms with van der Waals surface area (Å²) >= 11 is 0. The number of carbonyl (C=O) groups excluding carboxylic acids is 1. The lowest BCUT2D eigenvalue weighted by Crippen LogP contribution is -2.19. The van der Waals surface area contributed by atoms with E-state index in [0.29, 0.717) is 12.3 Å². The van der Waals surface area contributed by atoms with Gasteiger partial charge in [-0.1, -0.05) is 26.0 Å². The van der Waals surface area contributed by atoms with E-state index in [4.69, 9.17) is 0 Å². The Kier molecular flexibility index (Phi) is 4.56. The standard InChI is InChI=1S/C20H22N2O/c1-3-14(2)18(11-15-5-4-10-21-13-15)16-6-8-19-17(12-16)7-9-20(23)22-19/h4-6,8,10-14H,3,7,9H2,1-2H3,(H,22,23)/b18-11+. The lowest BCUT2D eigenvalue weighted by Gasteiger charge is -2.20. The molecule has 0 fully saturated rings. The topological polar surface area (TPSA) is 42.0 Å². The average molecular weight is 306 g/mol. The smallest absolute Gasteiger partial charge is 0.224 e. The minimum atomic E-state index is 0.110. The third kappa shape index (κ3) is 3.50. The normalized spacial score (nSPS) is 15.7. The van der Waals surface area contributed by atoms with Gasteiger partial charge in [0.25, 0.3) is 0 Å². The molecule has 1 N–H and O–H groups in total. The number of benzene rings is 1. The van der Waals surface area contributed by atoms with E-state index in [1.807, 2.05) is 18.3 Å². The van der Waals surface area contributed by atoms with E-state index in [-0.39, 0.29) is 5.91 Å². The average Bonchev–Trinajstić information content (AvgIpc) is 2.59. The molecule has 118 valence electrons. The number of anilines is 1. The third-order valence-electron chi connectivity index (χ3n) is 4.48. The highest BCUT2D eigenvalue weighted by Gasteiger charge is 2.17. The van der Waals surface area contributed by atoms with Crippen molar-refractivity contribution in [2.24, 2.45) is 5.92 Å². The Balaban J connectivity index is 2.01. The molecule has 0 saturated heterocycles. The zero-order valence-corrected chi connectivity index (χ0v) is 13.7. The van der Waals surface area contributed by atoms with Gasteiger partial charge in [0.15, 0.2) is 0 Å². The number of hydrogen-bond donors (Lipinski definition) is 1. The highest BCUT2D eigenvalue weighted by molar-refractivity contribution is 5.94. The number of allylic oxidation sites excluding steroid dienone is 1. The van der Waals surface area contributed by atoms with Gasteiger partial charge < -0.3 is 5.32 Å². The molecular weight excluding hydrogens is 284 g/mol. The van der Waals surface area contributed by atoms with Crippen LogP contribution in [0.4, 0.5) is 5.69 Å². The number of carbonyl (C=O) groups is 1. The summed E-state index contributed by atoms with van der Waals surface area (Å²) in [6, 6.07) is 10.4. The van der Waals surface area contributed by atoms with E-state index in [2.05, 4.69) is 48.4 Å². The van der Waals surface area contributed by atoms with Gasteiger partial charge in [-0.25, -0.2) is 0 Å². The van der Waals surface area contributed by atoms with Crippen LogP contribution < -0.4 is 5.32 Å². The molecule has 1 aliphatic rings. The van der Waals surface area contributed by atoms with E-state index in [0.717, 1.165) is 24.1 Å². The SMILES string of the molecule is CCC(C)/C(=C\c1cccnc1)c1ccc2c(c1)CCC(=O)N2. The molecule has 0 saturated carbocycles. The zero-order valence-electron chi connectivity index (χ0n) is 13.7. The van der Waals surface area contributed by atoms with Crippen molar-refractivity contribution in [3.8, 4) is 0 Å². The highest BCUT2D eigenvalue weighted by Crippen LogP contribution is 2.32. The number of nitrogens with one attached hydrogen (secondary N) is 1. The summed E-state index contributed by atoms with van der Waals surface area (Å²) in [6.07, 6.45) is 8.38. The molecular formula is C20H22N2O. The fourth-order valence-electron chi connectivity index (χ4n) is 2.93. The number of rotatable bonds is 4. The lowest BCUT2D eigenvalue weighted by atomic mass is 9.88. The minimum absolute atomic E-state index is 0.110. The fourth-order valence-corrected chi connectivity index (χ4v) is 2.93. The Hall–Kier alpha value is -2.42. The highest BCUT2D eigenvalue weighted by atomic mass is 16.1. The quantitative estimate of drug-likeness (QED) is 0.900. The van der Waals surface area contributed by atoms with Crippen LogP contribution in [0.5, 0.6) is 0 Å². The Morgan fingerprint density at radius 1 is 1.35 bits per heavy atom. The summed E-state index contributed by atoms with van der Waals surface area (Å²) in [5.74, 6) is 0.574. The van der Waals surface area contributed by atoms with Gasteiger partial charge in [-0.2, -0.15) is 0 Å². The molecule has 3 rings (SSSR count). The van der Waals surface area contributed by atoms with Crippen LogP contribution in [0.1, 0.15) is 43.4 Å². The van der Waals surface area contributed by atoms with Crippen LogP contribution in [-0.4, -0.2) is 10.9 Å². The number of fused-ring (bicyclic) bond motifs is 1. The molecule has 0 aliphatic carbocycles. The number of amides is 1. The number of aryl methyl sites for hydroxylation is 1. The van der Waals surface area contributed by atoms with Crippen LogP contribution in [-0.2, 0) is 11.2 Å². The minimum Gasteiger partial charge on any atom is -0.326 e. The first-order valence-electron chi connectivity index (χ1n) is 8.22. The third-order valence-corrected chi connectivity index (χ3v) is 4.48. The summed E-state index contributed by atoms with van der Waals surface area (Å²) in [5, 5.41) is 2.95. The summed E-state index contributed by atoms with van der Waals surface area (Å²) in [6.45, 7) is 4.46. The van der Waals surface area contributed by atoms with E-state index in [9.17, 15) is 4.79 Å². The Labute approximate surface area is 137 Å². The molecule has 2 aromatic rings. The maximum absolute atomic E-state index is 11.5. The van der Waals surface area contributed by atoms with Crippen molar-refractivity contribution in [2.75, 3.05) is 5.32 Å². The first-order valence-corrected chi connectivity index (χ1v) is 8.22. The van der Waals surface area contributed by atoms with Crippen LogP contribution in [0.15, 0.2) is 42.7 Å². The van der Waals surface area contributed by atoms with Gasteiger partial charge in [0.2, 0.25) is 5.91 Å². The summed E-state index contributed by atoms with van der Waals surface area (Å²) in [5.41, 5.74) is 5.85. The molecule has 0 radical (unpaired) electrons. The van der Waals surface area contributed by atoms with Gasteiger partial charge in [0.05, 0.1) is 0 Å². The van der Waals surface area contributed by atoms with Crippen molar-refractivity contribution in [1.82, 2.24) is 4.98 Å². The molecule has 0 bridgehead atoms. The molecule has 3 heteroatoms. The second-order valence-electron chi connectivity index (χ2n) is 6.12. The van der Waals surface area contributed by atoms with Gasteiger partial charge >= 0.3 is 0 Å². The fraction of sp³-hybridized carbons (Fsp3) is 0.300. The number of hydrogen-bond acceptors (Lipinski definition) is 2. The van der Waals surface area contributed by atoms with E-state index >= 15 is 0 Å². The maximum Gasteiger partial charge on any atom is 0.224 e. The predicted octanol–water partition coefficient (Wildman–Crippen LogP) is 4.55. The lowest BCUT2D eigenvalue weighted by molar-refractivity contribution is -0.116. The second kappa shape index (κ2) is 6.78. The Bertz CT molecular complexity index is 735.